The highest BCUT2D eigenvalue weighted by Crippen LogP contribution is 2.51. The Bertz CT molecular complexity index is 2730. The molecule has 0 aromatic heterocycles. The summed E-state index contributed by atoms with van der Waals surface area (Å²) in [6.45, 7) is 4.70. The van der Waals surface area contributed by atoms with Crippen molar-refractivity contribution < 1.29 is 0 Å². The van der Waals surface area contributed by atoms with Gasteiger partial charge >= 0.3 is 0 Å². The van der Waals surface area contributed by atoms with Crippen molar-refractivity contribution in [3.63, 3.8) is 0 Å². The van der Waals surface area contributed by atoms with E-state index in [2.05, 4.69) is 184 Å². The molecular weight excluding hydrogens is 589 g/mol. The zero-order valence-electron chi connectivity index (χ0n) is 27.7. The molecule has 10 rings (SSSR count). The molecule has 0 atom stereocenters. The Hall–Kier alpha value is -5.98. The minimum absolute atomic E-state index is 0.0113. The van der Waals surface area contributed by atoms with Gasteiger partial charge in [-0.1, -0.05) is 166 Å². The molecule has 0 spiro atoms. The second kappa shape index (κ2) is 10.5. The maximum Gasteiger partial charge on any atom is 0.0158 e. The van der Waals surface area contributed by atoms with Crippen molar-refractivity contribution in [2.45, 2.75) is 19.3 Å². The van der Waals surface area contributed by atoms with E-state index < -0.39 is 0 Å². The highest BCUT2D eigenvalue weighted by Gasteiger charge is 2.35. The topological polar surface area (TPSA) is 0 Å². The van der Waals surface area contributed by atoms with Crippen LogP contribution in [0, 0.1) is 0 Å². The van der Waals surface area contributed by atoms with Crippen LogP contribution in [0.5, 0.6) is 0 Å². The van der Waals surface area contributed by atoms with Crippen LogP contribution in [-0.4, -0.2) is 0 Å². The first kappa shape index (κ1) is 28.1. The van der Waals surface area contributed by atoms with Gasteiger partial charge in [0.15, 0.2) is 0 Å². The largest absolute Gasteiger partial charge is 0.0619 e. The Morgan fingerprint density at radius 1 is 0.306 bits per heavy atom. The fraction of sp³-hybridized carbons (Fsp3) is 0.0612. The van der Waals surface area contributed by atoms with Crippen LogP contribution in [-0.2, 0) is 5.41 Å². The van der Waals surface area contributed by atoms with E-state index in [1.54, 1.807) is 0 Å². The molecule has 0 heterocycles. The third kappa shape index (κ3) is 4.11. The lowest BCUT2D eigenvalue weighted by atomic mass is 9.81. The van der Waals surface area contributed by atoms with Gasteiger partial charge in [-0.25, -0.2) is 0 Å². The zero-order chi connectivity index (χ0) is 32.7. The summed E-state index contributed by atoms with van der Waals surface area (Å²) in [5.74, 6) is 0. The van der Waals surface area contributed by atoms with E-state index in [-0.39, 0.29) is 5.41 Å². The number of benzene rings is 9. The standard InChI is InChI=1S/C49H34/c1-49(2)45-25-12-11-19-37(45)43-29-32(26-27-46(43)49)34-28-33-15-4-6-18-36(33)44(30-34)48-41-22-9-7-20-39(41)47(40-21-8-10-23-42(40)48)38-24-13-16-31-14-3-5-17-35(31)38/h3-30H,1-2H3. The van der Waals surface area contributed by atoms with Crippen molar-refractivity contribution in [3.05, 3.63) is 181 Å². The monoisotopic (exact) mass is 622 g/mol. The van der Waals surface area contributed by atoms with Gasteiger partial charge < -0.3 is 0 Å². The zero-order valence-corrected chi connectivity index (χ0v) is 27.7. The predicted octanol–water partition coefficient (Wildman–Crippen LogP) is 13.6. The fourth-order valence-corrected chi connectivity index (χ4v) is 8.74. The molecule has 0 fully saturated rings. The average Bonchev–Trinajstić information content (AvgIpc) is 3.38. The minimum Gasteiger partial charge on any atom is -0.0619 e. The van der Waals surface area contributed by atoms with Gasteiger partial charge in [0.05, 0.1) is 0 Å². The summed E-state index contributed by atoms with van der Waals surface area (Å²) in [5, 5.41) is 10.2. The third-order valence-electron chi connectivity index (χ3n) is 11.0. The molecule has 9 aromatic rings. The maximum atomic E-state index is 2.45. The van der Waals surface area contributed by atoms with Gasteiger partial charge in [0.25, 0.3) is 0 Å². The number of rotatable bonds is 3. The smallest absolute Gasteiger partial charge is 0.0158 e. The van der Waals surface area contributed by atoms with Crippen molar-refractivity contribution in [2.24, 2.45) is 0 Å². The van der Waals surface area contributed by atoms with Crippen LogP contribution in [0.2, 0.25) is 0 Å². The van der Waals surface area contributed by atoms with E-state index in [1.165, 1.54) is 98.7 Å². The normalized spacial score (nSPS) is 13.3. The Morgan fingerprint density at radius 3 is 1.47 bits per heavy atom. The molecule has 0 unspecified atom stereocenters. The lowest BCUT2D eigenvalue weighted by Crippen LogP contribution is -2.14. The maximum absolute atomic E-state index is 2.45. The minimum atomic E-state index is -0.0113. The van der Waals surface area contributed by atoms with Gasteiger partial charge in [0, 0.05) is 5.41 Å². The van der Waals surface area contributed by atoms with Crippen LogP contribution in [0.15, 0.2) is 170 Å². The summed E-state index contributed by atoms with van der Waals surface area (Å²) >= 11 is 0. The molecule has 230 valence electrons. The molecule has 9 aromatic carbocycles. The van der Waals surface area contributed by atoms with Gasteiger partial charge in [-0.3, -0.25) is 0 Å². The summed E-state index contributed by atoms with van der Waals surface area (Å²) < 4.78 is 0. The fourth-order valence-electron chi connectivity index (χ4n) is 8.74. The molecule has 0 amide bonds. The van der Waals surface area contributed by atoms with Crippen molar-refractivity contribution in [1.82, 2.24) is 0 Å². The second-order valence-corrected chi connectivity index (χ2v) is 14.0. The van der Waals surface area contributed by atoms with E-state index in [1.807, 2.05) is 0 Å². The first-order valence-electron chi connectivity index (χ1n) is 17.3. The highest BCUT2D eigenvalue weighted by atomic mass is 14.4. The lowest BCUT2D eigenvalue weighted by Gasteiger charge is -2.22. The van der Waals surface area contributed by atoms with Gasteiger partial charge in [-0.2, -0.15) is 0 Å². The molecular formula is C49H34. The summed E-state index contributed by atoms with van der Waals surface area (Å²) in [7, 11) is 0. The quantitative estimate of drug-likeness (QED) is 0.172. The summed E-state index contributed by atoms with van der Waals surface area (Å²) in [6.07, 6.45) is 0. The summed E-state index contributed by atoms with van der Waals surface area (Å²) in [4.78, 5) is 0. The molecule has 0 saturated carbocycles. The van der Waals surface area contributed by atoms with Gasteiger partial charge in [0.1, 0.15) is 0 Å². The van der Waals surface area contributed by atoms with Gasteiger partial charge in [-0.05, 0) is 117 Å². The van der Waals surface area contributed by atoms with Crippen molar-refractivity contribution in [1.29, 1.82) is 0 Å². The van der Waals surface area contributed by atoms with E-state index in [9.17, 15) is 0 Å². The van der Waals surface area contributed by atoms with Crippen LogP contribution in [0.4, 0.5) is 0 Å². The van der Waals surface area contributed by atoms with E-state index in [4.69, 9.17) is 0 Å². The van der Waals surface area contributed by atoms with Crippen LogP contribution in [0.1, 0.15) is 25.0 Å². The number of fused-ring (bicyclic) bond motifs is 7. The van der Waals surface area contributed by atoms with Crippen LogP contribution in [0.25, 0.3) is 87.6 Å². The van der Waals surface area contributed by atoms with Crippen molar-refractivity contribution in [3.8, 4) is 44.5 Å². The molecule has 0 aliphatic heterocycles. The Kier molecular flexibility index (Phi) is 6.02. The first-order valence-corrected chi connectivity index (χ1v) is 17.3. The molecule has 1 aliphatic rings. The van der Waals surface area contributed by atoms with E-state index in [0.717, 1.165) is 0 Å². The molecule has 1 aliphatic carbocycles. The summed E-state index contributed by atoms with van der Waals surface area (Å²) in [6, 6.07) is 63.3. The lowest BCUT2D eigenvalue weighted by molar-refractivity contribution is 0.660. The average molecular weight is 623 g/mol. The Morgan fingerprint density at radius 2 is 0.776 bits per heavy atom. The van der Waals surface area contributed by atoms with Crippen molar-refractivity contribution >= 4 is 43.1 Å². The number of hydrogen-bond acceptors (Lipinski definition) is 0. The summed E-state index contributed by atoms with van der Waals surface area (Å²) in [5.41, 5.74) is 13.1. The van der Waals surface area contributed by atoms with Crippen molar-refractivity contribution in [2.75, 3.05) is 0 Å². The van der Waals surface area contributed by atoms with Crippen LogP contribution < -0.4 is 0 Å². The third-order valence-corrected chi connectivity index (χ3v) is 11.0. The predicted molar refractivity (Wildman–Crippen MR) is 210 cm³/mol. The van der Waals surface area contributed by atoms with E-state index in [0.29, 0.717) is 0 Å². The molecule has 0 radical (unpaired) electrons. The first-order chi connectivity index (χ1) is 24.1. The molecule has 0 heteroatoms. The molecule has 0 bridgehead atoms. The van der Waals surface area contributed by atoms with Gasteiger partial charge in [0.2, 0.25) is 0 Å². The second-order valence-electron chi connectivity index (χ2n) is 14.0. The number of hydrogen-bond donors (Lipinski definition) is 0. The van der Waals surface area contributed by atoms with Gasteiger partial charge in [-0.15, -0.1) is 0 Å². The van der Waals surface area contributed by atoms with Crippen LogP contribution in [0.3, 0.4) is 0 Å². The SMILES string of the molecule is CC1(C)c2ccccc2-c2cc(-c3cc(-c4c5ccccc5c(-c5cccc6ccccc56)c5ccccc45)c4ccccc4c3)ccc21. The van der Waals surface area contributed by atoms with Crippen LogP contribution >= 0.6 is 0 Å². The molecule has 0 N–H and O–H groups in total. The Labute approximate surface area is 286 Å². The van der Waals surface area contributed by atoms with E-state index >= 15 is 0 Å². The molecule has 49 heavy (non-hydrogen) atoms. The Balaban J connectivity index is 1.28. The highest BCUT2D eigenvalue weighted by molar-refractivity contribution is 6.25. The molecule has 0 saturated heterocycles. The molecule has 0 nitrogen and oxygen atoms in total.